The second-order valence-corrected chi connectivity index (χ2v) is 11.6. The summed E-state index contributed by atoms with van der Waals surface area (Å²) in [6.45, 7) is 2.69. The summed E-state index contributed by atoms with van der Waals surface area (Å²) in [6, 6.07) is 15.8. The number of carbonyl (C=O) groups excluding carboxylic acids is 1. The van der Waals surface area contributed by atoms with Crippen LogP contribution >= 0.6 is 22.9 Å². The first-order chi connectivity index (χ1) is 16.8. The van der Waals surface area contributed by atoms with Crippen molar-refractivity contribution < 1.29 is 17.6 Å². The molecule has 2 aromatic carbocycles. The number of carbonyl (C=O) groups is 1. The molecule has 0 unspecified atom stereocenters. The van der Waals surface area contributed by atoms with Crippen molar-refractivity contribution in [3.05, 3.63) is 87.5 Å². The number of thiophene rings is 1. The van der Waals surface area contributed by atoms with Crippen LogP contribution in [0.3, 0.4) is 0 Å². The van der Waals surface area contributed by atoms with Gasteiger partial charge in [-0.1, -0.05) is 23.7 Å². The molecule has 1 aliphatic heterocycles. The number of benzene rings is 2. The fourth-order valence-electron chi connectivity index (χ4n) is 3.51. The van der Waals surface area contributed by atoms with Crippen LogP contribution in [0.15, 0.2) is 75.1 Å². The highest BCUT2D eigenvalue weighted by atomic mass is 35.5. The number of hydrogen-bond acceptors (Lipinski definition) is 6. The monoisotopic (exact) mass is 534 g/mol. The second kappa shape index (κ2) is 11.3. The van der Waals surface area contributed by atoms with E-state index in [0.717, 1.165) is 16.9 Å². The number of piperazine rings is 1. The van der Waals surface area contributed by atoms with Gasteiger partial charge in [0.2, 0.25) is 10.0 Å². The third kappa shape index (κ3) is 6.66. The minimum atomic E-state index is -3.61. The van der Waals surface area contributed by atoms with Crippen molar-refractivity contribution in [1.82, 2.24) is 14.1 Å². The Morgan fingerprint density at radius 1 is 1.00 bits per heavy atom. The van der Waals surface area contributed by atoms with E-state index >= 15 is 0 Å². The Morgan fingerprint density at radius 3 is 2.37 bits per heavy atom. The van der Waals surface area contributed by atoms with Crippen LogP contribution in [-0.4, -0.2) is 49.7 Å². The lowest BCUT2D eigenvalue weighted by Crippen LogP contribution is -2.48. The van der Waals surface area contributed by atoms with Crippen molar-refractivity contribution in [3.63, 3.8) is 0 Å². The maximum atomic E-state index is 13.1. The third-order valence-corrected chi connectivity index (χ3v) is 9.09. The lowest BCUT2D eigenvalue weighted by molar-refractivity contribution is 0.0992. The Hall–Kier alpha value is -2.79. The van der Waals surface area contributed by atoms with E-state index in [0.29, 0.717) is 48.2 Å². The Kier molecular flexibility index (Phi) is 8.17. The second-order valence-electron chi connectivity index (χ2n) is 7.83. The van der Waals surface area contributed by atoms with Gasteiger partial charge in [0.05, 0.1) is 0 Å². The van der Waals surface area contributed by atoms with E-state index in [1.54, 1.807) is 48.5 Å². The largest absolute Gasteiger partial charge is 0.360 e. The maximum absolute atomic E-state index is 13.1. The number of rotatable bonds is 7. The number of sulfonamides is 1. The van der Waals surface area contributed by atoms with Gasteiger partial charge in [-0.25, -0.2) is 12.8 Å². The predicted molar refractivity (Wildman–Crippen MR) is 131 cm³/mol. The van der Waals surface area contributed by atoms with E-state index in [9.17, 15) is 17.6 Å². The highest BCUT2D eigenvalue weighted by Crippen LogP contribution is 2.26. The summed E-state index contributed by atoms with van der Waals surface area (Å²) in [6.07, 6.45) is 0. The summed E-state index contributed by atoms with van der Waals surface area (Å²) in [4.78, 5) is 18.4. The van der Waals surface area contributed by atoms with Crippen molar-refractivity contribution in [3.8, 4) is 0 Å². The molecule has 1 aliphatic rings. The zero-order valence-corrected chi connectivity index (χ0v) is 20.9. The van der Waals surface area contributed by atoms with E-state index in [1.807, 2.05) is 0 Å². The smallest absolute Gasteiger partial charge is 0.296 e. The number of halogens is 2. The standard InChI is InChI=1S/C23H22ClFN5O3S2/c24-19-5-3-18(4-6-19)23(31)27-28-26-15-21-9-10-22(34-21)35(32,33)30-13-11-29(12-14-30)16-17-1-7-20(25)8-2-17/h1-10H,11-16H2/q+1. The summed E-state index contributed by atoms with van der Waals surface area (Å²) in [7, 11) is -3.61. The topological polar surface area (TPSA) is 96.5 Å². The molecule has 1 amide bonds. The molecule has 0 aliphatic carbocycles. The van der Waals surface area contributed by atoms with Gasteiger partial charge in [-0.15, -0.1) is 11.3 Å². The molecule has 182 valence electrons. The van der Waals surface area contributed by atoms with Gasteiger partial charge >= 0.3 is 5.91 Å². The predicted octanol–water partition coefficient (Wildman–Crippen LogP) is 4.36. The molecular weight excluding hydrogens is 513 g/mol. The van der Waals surface area contributed by atoms with Gasteiger partial charge in [-0.2, -0.15) is 4.31 Å². The van der Waals surface area contributed by atoms with E-state index in [2.05, 4.69) is 20.0 Å². The first-order valence-electron chi connectivity index (χ1n) is 10.7. The molecule has 0 bridgehead atoms. The molecule has 0 atom stereocenters. The van der Waals surface area contributed by atoms with Crippen molar-refractivity contribution >= 4 is 38.9 Å². The number of amides is 1. The molecule has 2 heterocycles. The van der Waals surface area contributed by atoms with E-state index in [-0.39, 0.29) is 16.6 Å². The Balaban J connectivity index is 1.31. The highest BCUT2D eigenvalue weighted by molar-refractivity contribution is 7.91. The van der Waals surface area contributed by atoms with Crippen LogP contribution in [0.25, 0.3) is 0 Å². The SMILES string of the molecule is O=C(N=[N+]=NCc1ccc(S(=O)(=O)N2CCN(Cc3ccc(F)cc3)CC2)s1)c1ccc(Cl)cc1. The van der Waals surface area contributed by atoms with Crippen LogP contribution in [0.5, 0.6) is 0 Å². The minimum absolute atomic E-state index is 0.114. The van der Waals surface area contributed by atoms with E-state index in [1.165, 1.54) is 16.4 Å². The van der Waals surface area contributed by atoms with E-state index in [4.69, 9.17) is 11.6 Å². The molecule has 35 heavy (non-hydrogen) atoms. The molecule has 1 saturated heterocycles. The van der Waals surface area contributed by atoms with Gasteiger partial charge in [-0.05, 0) is 54.1 Å². The average molecular weight is 535 g/mol. The molecule has 12 heteroatoms. The molecular formula is C23H22ClFN5O3S2+. The van der Waals surface area contributed by atoms with E-state index < -0.39 is 15.9 Å². The van der Waals surface area contributed by atoms with Crippen molar-refractivity contribution in [2.75, 3.05) is 26.2 Å². The van der Waals surface area contributed by atoms with Crippen LogP contribution in [-0.2, 0) is 23.1 Å². The Bertz CT molecular complexity index is 1350. The first-order valence-corrected chi connectivity index (χ1v) is 13.4. The molecule has 0 N–H and O–H groups in total. The molecule has 0 spiro atoms. The molecule has 0 radical (unpaired) electrons. The maximum Gasteiger partial charge on any atom is 0.360 e. The first kappa shape index (κ1) is 25.3. The zero-order valence-electron chi connectivity index (χ0n) is 18.5. The highest BCUT2D eigenvalue weighted by Gasteiger charge is 2.29. The summed E-state index contributed by atoms with van der Waals surface area (Å²) in [5.41, 5.74) is 1.33. The third-order valence-electron chi connectivity index (χ3n) is 5.40. The van der Waals surface area contributed by atoms with Gasteiger partial charge in [0.1, 0.15) is 15.1 Å². The fraction of sp³-hybridized carbons (Fsp3) is 0.261. The summed E-state index contributed by atoms with van der Waals surface area (Å²) >= 11 is 6.92. The molecule has 1 aromatic heterocycles. The van der Waals surface area contributed by atoms with Crippen molar-refractivity contribution in [2.24, 2.45) is 10.2 Å². The average Bonchev–Trinajstić information content (AvgIpc) is 3.34. The van der Waals surface area contributed by atoms with Crippen LogP contribution in [0.1, 0.15) is 20.8 Å². The van der Waals surface area contributed by atoms with Gasteiger partial charge < -0.3 is 0 Å². The van der Waals surface area contributed by atoms with Crippen LogP contribution in [0, 0.1) is 5.82 Å². The summed E-state index contributed by atoms with van der Waals surface area (Å²) in [5.74, 6) is -0.819. The molecule has 3 aromatic rings. The fourth-order valence-corrected chi connectivity index (χ4v) is 6.48. The molecule has 1 fully saturated rings. The Labute approximate surface area is 211 Å². The van der Waals surface area contributed by atoms with Crippen LogP contribution in [0.4, 0.5) is 4.39 Å². The normalized spacial score (nSPS) is 14.9. The van der Waals surface area contributed by atoms with Gasteiger partial charge in [-0.3, -0.25) is 9.69 Å². The molecule has 0 saturated carbocycles. The quantitative estimate of drug-likeness (QED) is 0.332. The summed E-state index contributed by atoms with van der Waals surface area (Å²) in [5, 5.41) is 7.92. The van der Waals surface area contributed by atoms with Gasteiger partial charge in [0.15, 0.2) is 6.54 Å². The zero-order chi connectivity index (χ0) is 24.8. The number of hydrogen-bond donors (Lipinski definition) is 0. The summed E-state index contributed by atoms with van der Waals surface area (Å²) < 4.78 is 40.9. The Morgan fingerprint density at radius 2 is 1.69 bits per heavy atom. The lowest BCUT2D eigenvalue weighted by atomic mass is 10.2. The van der Waals surface area contributed by atoms with Crippen molar-refractivity contribution in [1.29, 1.82) is 0 Å². The van der Waals surface area contributed by atoms with Gasteiger partial charge in [0.25, 0.3) is 10.0 Å². The number of nitrogens with zero attached hydrogens (tertiary/aromatic N) is 5. The van der Waals surface area contributed by atoms with Gasteiger partial charge in [0, 0.05) is 48.2 Å². The minimum Gasteiger partial charge on any atom is -0.296 e. The lowest BCUT2D eigenvalue weighted by Gasteiger charge is -2.33. The van der Waals surface area contributed by atoms with Crippen molar-refractivity contribution in [2.45, 2.75) is 17.3 Å². The van der Waals surface area contributed by atoms with Crippen LogP contribution in [0.2, 0.25) is 5.02 Å². The van der Waals surface area contributed by atoms with Crippen LogP contribution < -0.4 is 4.91 Å². The molecule has 8 nitrogen and oxygen atoms in total. The molecule has 4 rings (SSSR count).